The van der Waals surface area contributed by atoms with Gasteiger partial charge in [0.25, 0.3) is 0 Å². The van der Waals surface area contributed by atoms with Crippen molar-refractivity contribution in [2.24, 2.45) is 0 Å². The second-order valence-corrected chi connectivity index (χ2v) is 2.95. The standard InChI is InChI=1S/C11H11N/c1-9(2)6-10-4-3-5-11(7-10)8-12/h3-5,7H,1,6H2,2H3. The van der Waals surface area contributed by atoms with Gasteiger partial charge in [0.2, 0.25) is 0 Å². The molecule has 1 rings (SSSR count). The number of hydrogen-bond acceptors (Lipinski definition) is 1. The van der Waals surface area contributed by atoms with Crippen LogP contribution >= 0.6 is 0 Å². The van der Waals surface area contributed by atoms with Crippen molar-refractivity contribution in [1.82, 2.24) is 0 Å². The van der Waals surface area contributed by atoms with Gasteiger partial charge in [-0.05, 0) is 31.0 Å². The molecule has 0 aliphatic rings. The number of nitrogens with zero attached hydrogens (tertiary/aromatic N) is 1. The Kier molecular flexibility index (Phi) is 2.66. The van der Waals surface area contributed by atoms with Crippen molar-refractivity contribution in [1.29, 1.82) is 5.26 Å². The molecule has 0 spiro atoms. The molecular weight excluding hydrogens is 146 g/mol. The highest BCUT2D eigenvalue weighted by Crippen LogP contribution is 2.08. The highest BCUT2D eigenvalue weighted by molar-refractivity contribution is 5.34. The monoisotopic (exact) mass is 157 g/mol. The normalized spacial score (nSPS) is 9.00. The quantitative estimate of drug-likeness (QED) is 0.605. The number of hydrogen-bond donors (Lipinski definition) is 0. The van der Waals surface area contributed by atoms with Gasteiger partial charge in [-0.15, -0.1) is 0 Å². The van der Waals surface area contributed by atoms with Gasteiger partial charge in [-0.3, -0.25) is 0 Å². The molecule has 1 aromatic rings. The molecule has 0 aliphatic carbocycles. The molecule has 0 aliphatic heterocycles. The Labute approximate surface area is 73.0 Å². The Bertz CT molecular complexity index is 331. The van der Waals surface area contributed by atoms with Gasteiger partial charge in [0, 0.05) is 0 Å². The van der Waals surface area contributed by atoms with Crippen molar-refractivity contribution in [2.75, 3.05) is 0 Å². The van der Waals surface area contributed by atoms with Crippen LogP contribution in [0.15, 0.2) is 36.4 Å². The summed E-state index contributed by atoms with van der Waals surface area (Å²) in [5.74, 6) is 0. The van der Waals surface area contributed by atoms with Crippen molar-refractivity contribution in [2.45, 2.75) is 13.3 Å². The third kappa shape index (κ3) is 2.25. The van der Waals surface area contributed by atoms with Crippen molar-refractivity contribution in [3.8, 4) is 6.07 Å². The smallest absolute Gasteiger partial charge is 0.0991 e. The van der Waals surface area contributed by atoms with Gasteiger partial charge >= 0.3 is 0 Å². The Morgan fingerprint density at radius 1 is 1.58 bits per heavy atom. The number of nitriles is 1. The molecule has 0 fully saturated rings. The maximum absolute atomic E-state index is 8.62. The first-order valence-corrected chi connectivity index (χ1v) is 3.86. The van der Waals surface area contributed by atoms with Crippen LogP contribution in [0.4, 0.5) is 0 Å². The van der Waals surface area contributed by atoms with Crippen LogP contribution in [-0.4, -0.2) is 0 Å². The average molecular weight is 157 g/mol. The van der Waals surface area contributed by atoms with Crippen molar-refractivity contribution >= 4 is 0 Å². The van der Waals surface area contributed by atoms with Gasteiger partial charge in [-0.2, -0.15) is 5.26 Å². The molecule has 0 saturated heterocycles. The van der Waals surface area contributed by atoms with E-state index in [0.29, 0.717) is 5.56 Å². The van der Waals surface area contributed by atoms with Gasteiger partial charge < -0.3 is 0 Å². The molecule has 12 heavy (non-hydrogen) atoms. The van der Waals surface area contributed by atoms with Gasteiger partial charge in [0.05, 0.1) is 11.6 Å². The fraction of sp³-hybridized carbons (Fsp3) is 0.182. The van der Waals surface area contributed by atoms with Crippen molar-refractivity contribution < 1.29 is 0 Å². The lowest BCUT2D eigenvalue weighted by atomic mass is 10.1. The van der Waals surface area contributed by atoms with Crippen LogP contribution in [0, 0.1) is 11.3 Å². The van der Waals surface area contributed by atoms with E-state index in [1.807, 2.05) is 31.2 Å². The van der Waals surface area contributed by atoms with Crippen LogP contribution in [0.25, 0.3) is 0 Å². The minimum absolute atomic E-state index is 0.716. The summed E-state index contributed by atoms with van der Waals surface area (Å²) >= 11 is 0. The Hall–Kier alpha value is -1.55. The summed E-state index contributed by atoms with van der Waals surface area (Å²) in [7, 11) is 0. The lowest BCUT2D eigenvalue weighted by molar-refractivity contribution is 1.15. The number of allylic oxidation sites excluding steroid dienone is 1. The van der Waals surface area contributed by atoms with Crippen molar-refractivity contribution in [3.05, 3.63) is 47.5 Å². The van der Waals surface area contributed by atoms with E-state index >= 15 is 0 Å². The lowest BCUT2D eigenvalue weighted by Gasteiger charge is -1.99. The fourth-order valence-electron chi connectivity index (χ4n) is 1.10. The number of benzene rings is 1. The van der Waals surface area contributed by atoms with Gasteiger partial charge in [-0.1, -0.05) is 24.3 Å². The second-order valence-electron chi connectivity index (χ2n) is 2.95. The second kappa shape index (κ2) is 3.73. The maximum atomic E-state index is 8.62. The molecule has 0 saturated carbocycles. The molecule has 0 bridgehead atoms. The molecule has 0 atom stereocenters. The third-order valence-corrected chi connectivity index (χ3v) is 1.56. The largest absolute Gasteiger partial charge is 0.192 e. The zero-order chi connectivity index (χ0) is 8.97. The van der Waals surface area contributed by atoms with Gasteiger partial charge in [-0.25, -0.2) is 0 Å². The SMILES string of the molecule is C=C(C)Cc1cccc(C#N)c1. The van der Waals surface area contributed by atoms with E-state index in [4.69, 9.17) is 5.26 Å². The Morgan fingerprint density at radius 2 is 2.33 bits per heavy atom. The van der Waals surface area contributed by atoms with Crippen LogP contribution in [0.2, 0.25) is 0 Å². The molecular formula is C11H11N. The maximum Gasteiger partial charge on any atom is 0.0991 e. The number of rotatable bonds is 2. The van der Waals surface area contributed by atoms with E-state index in [1.54, 1.807) is 0 Å². The molecule has 0 heterocycles. The van der Waals surface area contributed by atoms with Crippen molar-refractivity contribution in [3.63, 3.8) is 0 Å². The van der Waals surface area contributed by atoms with Crippen LogP contribution < -0.4 is 0 Å². The molecule has 0 N–H and O–H groups in total. The van der Waals surface area contributed by atoms with E-state index in [2.05, 4.69) is 12.6 Å². The summed E-state index contributed by atoms with van der Waals surface area (Å²) in [4.78, 5) is 0. The fourth-order valence-corrected chi connectivity index (χ4v) is 1.10. The molecule has 60 valence electrons. The third-order valence-electron chi connectivity index (χ3n) is 1.56. The minimum Gasteiger partial charge on any atom is -0.192 e. The summed E-state index contributed by atoms with van der Waals surface area (Å²) < 4.78 is 0. The average Bonchev–Trinajstić information content (AvgIpc) is 2.03. The molecule has 0 amide bonds. The van der Waals surface area contributed by atoms with Crippen LogP contribution in [-0.2, 0) is 6.42 Å². The predicted molar refractivity (Wildman–Crippen MR) is 49.7 cm³/mol. The van der Waals surface area contributed by atoms with E-state index < -0.39 is 0 Å². The zero-order valence-corrected chi connectivity index (χ0v) is 7.17. The van der Waals surface area contributed by atoms with E-state index in [1.165, 1.54) is 0 Å². The Balaban J connectivity index is 2.88. The molecule has 0 radical (unpaired) electrons. The highest BCUT2D eigenvalue weighted by Gasteiger charge is 1.94. The first-order chi connectivity index (χ1) is 5.72. The highest BCUT2D eigenvalue weighted by atomic mass is 14.2. The first kappa shape index (κ1) is 8.55. The van der Waals surface area contributed by atoms with Gasteiger partial charge in [0.1, 0.15) is 0 Å². The van der Waals surface area contributed by atoms with E-state index in [-0.39, 0.29) is 0 Å². The summed E-state index contributed by atoms with van der Waals surface area (Å²) in [5.41, 5.74) is 2.99. The molecule has 0 unspecified atom stereocenters. The molecule has 1 aromatic carbocycles. The molecule has 0 aromatic heterocycles. The molecule has 1 heteroatoms. The van der Waals surface area contributed by atoms with Crippen LogP contribution in [0.3, 0.4) is 0 Å². The molecule has 1 nitrogen and oxygen atoms in total. The minimum atomic E-state index is 0.716. The van der Waals surface area contributed by atoms with E-state index in [0.717, 1.165) is 17.6 Å². The van der Waals surface area contributed by atoms with E-state index in [9.17, 15) is 0 Å². The van der Waals surface area contributed by atoms with Gasteiger partial charge in [0.15, 0.2) is 0 Å². The van der Waals surface area contributed by atoms with Crippen LogP contribution in [0.1, 0.15) is 18.1 Å². The Morgan fingerprint density at radius 3 is 2.92 bits per heavy atom. The zero-order valence-electron chi connectivity index (χ0n) is 7.17. The predicted octanol–water partition coefficient (Wildman–Crippen LogP) is 2.68. The summed E-state index contributed by atoms with van der Waals surface area (Å²) in [6.07, 6.45) is 0.857. The topological polar surface area (TPSA) is 23.8 Å². The first-order valence-electron chi connectivity index (χ1n) is 3.86. The summed E-state index contributed by atoms with van der Waals surface area (Å²) in [6.45, 7) is 5.81. The van der Waals surface area contributed by atoms with Crippen LogP contribution in [0.5, 0.6) is 0 Å². The summed E-state index contributed by atoms with van der Waals surface area (Å²) in [6, 6.07) is 9.72. The lowest BCUT2D eigenvalue weighted by Crippen LogP contribution is -1.85. The summed E-state index contributed by atoms with van der Waals surface area (Å²) in [5, 5.41) is 8.62.